The average Bonchev–Trinajstić information content (AvgIpc) is 3.95. The monoisotopic (exact) mass is 882 g/mol. The SMILES string of the molecule is c1ccc(-c2ccccc2-c2ccc(-c3ccccc3-c3ccccc3)c3c4cc5c(cc6c7c(-c8ccccc8)c8ccccc8c(-c8ccccc8)c7c7cccc5c76)c5cccc(c23)c54)cc1. The van der Waals surface area contributed by atoms with Crippen LogP contribution < -0.4 is 0 Å². The van der Waals surface area contributed by atoms with Crippen LogP contribution in [0.25, 0.3) is 153 Å². The molecule has 15 aromatic rings. The summed E-state index contributed by atoms with van der Waals surface area (Å²) >= 11 is 0. The van der Waals surface area contributed by atoms with E-state index in [4.69, 9.17) is 0 Å². The van der Waals surface area contributed by atoms with Crippen LogP contribution in [-0.4, -0.2) is 0 Å². The number of hydrogen-bond acceptors (Lipinski definition) is 0. The maximum absolute atomic E-state index is 2.56. The Labute approximate surface area is 405 Å². The fourth-order valence-corrected chi connectivity index (χ4v) is 12.6. The molecule has 70 heavy (non-hydrogen) atoms. The molecule has 0 saturated carbocycles. The van der Waals surface area contributed by atoms with Crippen molar-refractivity contribution in [1.82, 2.24) is 0 Å². The molecule has 0 unspecified atom stereocenters. The van der Waals surface area contributed by atoms with Crippen molar-refractivity contribution >= 4 is 86.2 Å². The molecule has 0 aromatic heterocycles. The fourth-order valence-electron chi connectivity index (χ4n) is 12.6. The molecule has 0 fully saturated rings. The van der Waals surface area contributed by atoms with Gasteiger partial charge in [-0.2, -0.15) is 0 Å². The van der Waals surface area contributed by atoms with Crippen LogP contribution in [0.2, 0.25) is 0 Å². The lowest BCUT2D eigenvalue weighted by Gasteiger charge is -2.16. The first-order valence-corrected chi connectivity index (χ1v) is 24.4. The molecule has 0 amide bonds. The Morgan fingerprint density at radius 2 is 0.457 bits per heavy atom. The van der Waals surface area contributed by atoms with Gasteiger partial charge in [-0.3, -0.25) is 0 Å². The molecule has 0 nitrogen and oxygen atoms in total. The van der Waals surface area contributed by atoms with Gasteiger partial charge in [-0.1, -0.05) is 243 Å². The molecule has 0 aliphatic carbocycles. The first kappa shape index (κ1) is 38.9. The minimum atomic E-state index is 1.21. The van der Waals surface area contributed by atoms with Gasteiger partial charge in [0.05, 0.1) is 0 Å². The summed E-state index contributed by atoms with van der Waals surface area (Å²) in [4.78, 5) is 0. The van der Waals surface area contributed by atoms with Crippen LogP contribution in [0.1, 0.15) is 0 Å². The van der Waals surface area contributed by atoms with Gasteiger partial charge in [-0.15, -0.1) is 0 Å². The standard InChI is InChI=1S/C70H42/c1-5-21-43(22-6-1)47-29-13-15-31-49(47)55-39-40-56(50-32-16-14-30-48(50)44-23-7-2-8-24-44)68-61-41-59-54-36-20-38-58-66(54)62(42-60(59)53-35-19-37-57(65(53)61)67(55)68)70-64(46-27-11-4-12-28-46)52-34-18-17-33-51(52)63(69(58)70)45-25-9-3-10-26-45/h1-42H. The lowest BCUT2D eigenvalue weighted by Crippen LogP contribution is -1.89. The van der Waals surface area contributed by atoms with Crippen molar-refractivity contribution in [3.05, 3.63) is 255 Å². The second kappa shape index (κ2) is 15.2. The Kier molecular flexibility index (Phi) is 8.46. The molecular formula is C70H42. The first-order chi connectivity index (χ1) is 34.8. The van der Waals surface area contributed by atoms with E-state index in [1.807, 2.05) is 0 Å². The van der Waals surface area contributed by atoms with Crippen molar-refractivity contribution in [2.45, 2.75) is 0 Å². The number of fused-ring (bicyclic) bond motifs is 10. The third-order valence-electron chi connectivity index (χ3n) is 15.3. The van der Waals surface area contributed by atoms with Gasteiger partial charge < -0.3 is 0 Å². The predicted octanol–water partition coefficient (Wildman–Crippen LogP) is 19.8. The Morgan fingerprint density at radius 1 is 0.143 bits per heavy atom. The van der Waals surface area contributed by atoms with E-state index in [-0.39, 0.29) is 0 Å². The summed E-state index contributed by atoms with van der Waals surface area (Å²) in [6, 6.07) is 95.0. The Balaban J connectivity index is 1.14. The van der Waals surface area contributed by atoms with E-state index in [9.17, 15) is 0 Å². The topological polar surface area (TPSA) is 0 Å². The zero-order valence-electron chi connectivity index (χ0n) is 38.2. The third kappa shape index (κ3) is 5.53. The minimum Gasteiger partial charge on any atom is -0.0622 e. The van der Waals surface area contributed by atoms with E-state index >= 15 is 0 Å². The molecule has 322 valence electrons. The molecule has 0 saturated heterocycles. The van der Waals surface area contributed by atoms with Crippen LogP contribution >= 0.6 is 0 Å². The molecule has 0 spiro atoms. The van der Waals surface area contributed by atoms with E-state index < -0.39 is 0 Å². The highest BCUT2D eigenvalue weighted by molar-refractivity contribution is 6.46. The van der Waals surface area contributed by atoms with Crippen molar-refractivity contribution < 1.29 is 0 Å². The number of rotatable bonds is 6. The average molecular weight is 883 g/mol. The quantitative estimate of drug-likeness (QED) is 0.146. The first-order valence-electron chi connectivity index (χ1n) is 24.4. The van der Waals surface area contributed by atoms with Crippen LogP contribution in [0.15, 0.2) is 255 Å². The molecule has 0 bridgehead atoms. The molecule has 0 heterocycles. The van der Waals surface area contributed by atoms with Gasteiger partial charge in [0.25, 0.3) is 0 Å². The molecule has 0 aliphatic heterocycles. The molecule has 15 rings (SSSR count). The second-order valence-corrected chi connectivity index (χ2v) is 18.9. The van der Waals surface area contributed by atoms with Gasteiger partial charge in [-0.05, 0) is 165 Å². The van der Waals surface area contributed by atoms with E-state index in [0.717, 1.165) is 0 Å². The van der Waals surface area contributed by atoms with Crippen LogP contribution in [0.4, 0.5) is 0 Å². The maximum Gasteiger partial charge on any atom is -0.000719 e. The summed E-state index contributed by atoms with van der Waals surface area (Å²) in [5.74, 6) is 0. The molecule has 15 aromatic carbocycles. The summed E-state index contributed by atoms with van der Waals surface area (Å²) in [7, 11) is 0. The van der Waals surface area contributed by atoms with E-state index in [1.54, 1.807) is 0 Å². The summed E-state index contributed by atoms with van der Waals surface area (Å²) in [5.41, 5.74) is 14.9. The summed E-state index contributed by atoms with van der Waals surface area (Å²) in [6.07, 6.45) is 0. The Hall–Kier alpha value is -9.10. The zero-order valence-corrected chi connectivity index (χ0v) is 38.2. The van der Waals surface area contributed by atoms with Gasteiger partial charge in [0.2, 0.25) is 0 Å². The largest absolute Gasteiger partial charge is 0.0622 e. The molecule has 0 atom stereocenters. The Bertz CT molecular complexity index is 4530. The van der Waals surface area contributed by atoms with Gasteiger partial charge >= 0.3 is 0 Å². The van der Waals surface area contributed by atoms with Gasteiger partial charge in [0.1, 0.15) is 0 Å². The number of benzene rings is 13. The van der Waals surface area contributed by atoms with Crippen LogP contribution in [0.5, 0.6) is 0 Å². The zero-order chi connectivity index (χ0) is 45.9. The predicted molar refractivity (Wildman–Crippen MR) is 301 cm³/mol. The summed E-state index contributed by atoms with van der Waals surface area (Å²) in [5, 5.41) is 20.8. The molecule has 0 aliphatic rings. The van der Waals surface area contributed by atoms with Crippen molar-refractivity contribution in [2.75, 3.05) is 0 Å². The van der Waals surface area contributed by atoms with Crippen molar-refractivity contribution in [3.63, 3.8) is 0 Å². The third-order valence-corrected chi connectivity index (χ3v) is 15.3. The highest BCUT2D eigenvalue weighted by Gasteiger charge is 2.27. The summed E-state index contributed by atoms with van der Waals surface area (Å²) < 4.78 is 0. The maximum atomic E-state index is 2.56. The highest BCUT2D eigenvalue weighted by atomic mass is 14.3. The lowest BCUT2D eigenvalue weighted by atomic mass is 9.86. The van der Waals surface area contributed by atoms with Crippen molar-refractivity contribution in [2.24, 2.45) is 0 Å². The van der Waals surface area contributed by atoms with Gasteiger partial charge in [0.15, 0.2) is 0 Å². The minimum absolute atomic E-state index is 1.21. The molecule has 0 heteroatoms. The van der Waals surface area contributed by atoms with Crippen LogP contribution in [0.3, 0.4) is 0 Å². The fraction of sp³-hybridized carbons (Fsp3) is 0. The van der Waals surface area contributed by atoms with Crippen LogP contribution in [-0.2, 0) is 0 Å². The molecule has 0 radical (unpaired) electrons. The van der Waals surface area contributed by atoms with Crippen molar-refractivity contribution in [3.8, 4) is 66.8 Å². The van der Waals surface area contributed by atoms with Gasteiger partial charge in [0, 0.05) is 0 Å². The van der Waals surface area contributed by atoms with E-state index in [2.05, 4.69) is 255 Å². The highest BCUT2D eigenvalue weighted by Crippen LogP contribution is 2.55. The van der Waals surface area contributed by atoms with Gasteiger partial charge in [-0.25, -0.2) is 0 Å². The smallest absolute Gasteiger partial charge is 0.000719 e. The molecular weight excluding hydrogens is 841 g/mol. The van der Waals surface area contributed by atoms with Crippen LogP contribution in [0, 0.1) is 0 Å². The normalized spacial score (nSPS) is 12.0. The second-order valence-electron chi connectivity index (χ2n) is 18.9. The van der Waals surface area contributed by atoms with E-state index in [1.165, 1.54) is 153 Å². The number of hydrogen-bond donors (Lipinski definition) is 0. The van der Waals surface area contributed by atoms with E-state index in [0.29, 0.717) is 0 Å². The summed E-state index contributed by atoms with van der Waals surface area (Å²) in [6.45, 7) is 0. The molecule has 0 N–H and O–H groups in total. The lowest BCUT2D eigenvalue weighted by molar-refractivity contribution is 1.59. The Morgan fingerprint density at radius 3 is 0.914 bits per heavy atom. The van der Waals surface area contributed by atoms with Crippen molar-refractivity contribution in [1.29, 1.82) is 0 Å².